The summed E-state index contributed by atoms with van der Waals surface area (Å²) in [6.45, 7) is 2.50. The Morgan fingerprint density at radius 1 is 1.45 bits per heavy atom. The minimum absolute atomic E-state index is 0.0831. The van der Waals surface area contributed by atoms with Crippen LogP contribution in [0.5, 0.6) is 0 Å². The second-order valence-electron chi connectivity index (χ2n) is 5.35. The summed E-state index contributed by atoms with van der Waals surface area (Å²) in [5.74, 6) is 2.50. The summed E-state index contributed by atoms with van der Waals surface area (Å²) in [5.41, 5.74) is 1.19. The third-order valence-corrected chi connectivity index (χ3v) is 4.17. The maximum absolute atomic E-state index is 12.0. The molecule has 1 aliphatic rings. The molecule has 2 heterocycles. The quantitative estimate of drug-likeness (QED) is 0.746. The van der Waals surface area contributed by atoms with Crippen molar-refractivity contribution in [1.82, 2.24) is 15.1 Å². The Morgan fingerprint density at radius 3 is 2.73 bits per heavy atom. The number of rotatable bonds is 8. The zero-order valence-electron chi connectivity index (χ0n) is 12.9. The van der Waals surface area contributed by atoms with E-state index in [0.717, 1.165) is 24.2 Å². The van der Waals surface area contributed by atoms with Gasteiger partial charge in [0.1, 0.15) is 0 Å². The van der Waals surface area contributed by atoms with Crippen LogP contribution in [-0.4, -0.2) is 27.9 Å². The number of nitrogens with one attached hydrogen (secondary N) is 1. The van der Waals surface area contributed by atoms with Crippen molar-refractivity contribution in [3.63, 3.8) is 0 Å². The molecule has 1 aromatic heterocycles. The predicted octanol–water partition coefficient (Wildman–Crippen LogP) is 2.26. The Bertz CT molecular complexity index is 623. The number of carbonyl (C=O) groups excluding carboxylic acids is 1. The highest BCUT2D eigenvalue weighted by molar-refractivity contribution is 6.32. The van der Waals surface area contributed by atoms with Crippen LogP contribution in [0.3, 0.4) is 0 Å². The van der Waals surface area contributed by atoms with Crippen LogP contribution in [0.25, 0.3) is 0 Å². The van der Waals surface area contributed by atoms with Gasteiger partial charge >= 0.3 is 0 Å². The van der Waals surface area contributed by atoms with Crippen LogP contribution in [0.1, 0.15) is 37.6 Å². The molecular weight excluding hydrogens is 302 g/mol. The first-order valence-electron chi connectivity index (χ1n) is 7.36. The molecule has 0 saturated heterocycles. The molecule has 0 saturated carbocycles. The standard InChI is InChI=1S/C15H20ClN5O/c1-4-6-7-15(19-20-15)8-9-17-13(22)10-12-14(16)11(5-2)18-21(12)3/h1H,5-10H2,2-3H3,(H,17,22). The van der Waals surface area contributed by atoms with Crippen molar-refractivity contribution in [2.45, 2.75) is 44.7 Å². The van der Waals surface area contributed by atoms with E-state index >= 15 is 0 Å². The molecule has 22 heavy (non-hydrogen) atoms. The fraction of sp³-hybridized carbons (Fsp3) is 0.600. The SMILES string of the molecule is C#CCCC1(CCNC(=O)Cc2c(Cl)c(CC)nn2C)N=N1. The van der Waals surface area contributed by atoms with Crippen molar-refractivity contribution >= 4 is 17.5 Å². The number of carbonyl (C=O) groups is 1. The lowest BCUT2D eigenvalue weighted by atomic mass is 10.0. The fourth-order valence-corrected chi connectivity index (χ4v) is 2.66. The van der Waals surface area contributed by atoms with Gasteiger partial charge in [-0.2, -0.15) is 15.3 Å². The number of terminal acetylenes is 1. The fourth-order valence-electron chi connectivity index (χ4n) is 2.30. The number of aromatic nitrogens is 2. The molecule has 0 radical (unpaired) electrons. The molecule has 1 aliphatic heterocycles. The zero-order valence-corrected chi connectivity index (χ0v) is 13.7. The van der Waals surface area contributed by atoms with Crippen LogP contribution in [-0.2, 0) is 24.7 Å². The lowest BCUT2D eigenvalue weighted by Gasteiger charge is -2.10. The van der Waals surface area contributed by atoms with Gasteiger partial charge in [-0.3, -0.25) is 9.48 Å². The van der Waals surface area contributed by atoms with Crippen molar-refractivity contribution in [2.24, 2.45) is 17.3 Å². The highest BCUT2D eigenvalue weighted by atomic mass is 35.5. The summed E-state index contributed by atoms with van der Waals surface area (Å²) in [4.78, 5) is 12.0. The molecule has 1 amide bonds. The lowest BCUT2D eigenvalue weighted by Crippen LogP contribution is -2.30. The summed E-state index contributed by atoms with van der Waals surface area (Å²) >= 11 is 6.24. The Hall–Kier alpha value is -1.87. The van der Waals surface area contributed by atoms with E-state index < -0.39 is 0 Å². The van der Waals surface area contributed by atoms with Crippen LogP contribution in [0.15, 0.2) is 10.2 Å². The van der Waals surface area contributed by atoms with Crippen molar-refractivity contribution in [3.05, 3.63) is 16.4 Å². The van der Waals surface area contributed by atoms with Gasteiger partial charge in [-0.25, -0.2) is 0 Å². The first-order chi connectivity index (χ1) is 10.5. The number of hydrogen-bond donors (Lipinski definition) is 1. The van der Waals surface area contributed by atoms with Gasteiger partial charge in [0, 0.05) is 32.9 Å². The van der Waals surface area contributed by atoms with Gasteiger partial charge < -0.3 is 5.32 Å². The molecule has 118 valence electrons. The van der Waals surface area contributed by atoms with Crippen LogP contribution < -0.4 is 5.32 Å². The molecule has 0 aromatic carbocycles. The third kappa shape index (κ3) is 3.86. The van der Waals surface area contributed by atoms with E-state index in [-0.39, 0.29) is 18.0 Å². The molecule has 0 unspecified atom stereocenters. The Kier molecular flexibility index (Phi) is 5.19. The first-order valence-corrected chi connectivity index (χ1v) is 7.73. The second kappa shape index (κ2) is 6.93. The number of amides is 1. The van der Waals surface area contributed by atoms with Gasteiger partial charge in [0.25, 0.3) is 0 Å². The summed E-state index contributed by atoms with van der Waals surface area (Å²) in [6.07, 6.45) is 8.27. The molecule has 0 aliphatic carbocycles. The van der Waals surface area contributed by atoms with Gasteiger partial charge in [0.2, 0.25) is 5.91 Å². The van der Waals surface area contributed by atoms with Gasteiger partial charge in [-0.1, -0.05) is 18.5 Å². The topological polar surface area (TPSA) is 71.6 Å². The summed E-state index contributed by atoms with van der Waals surface area (Å²) < 4.78 is 1.67. The number of aryl methyl sites for hydroxylation is 2. The molecule has 0 atom stereocenters. The van der Waals surface area contributed by atoms with E-state index in [4.69, 9.17) is 18.0 Å². The molecule has 7 heteroatoms. The summed E-state index contributed by atoms with van der Waals surface area (Å²) in [6, 6.07) is 0. The lowest BCUT2D eigenvalue weighted by molar-refractivity contribution is -0.120. The Balaban J connectivity index is 1.79. The highest BCUT2D eigenvalue weighted by Gasteiger charge is 2.38. The molecule has 0 fully saturated rings. The normalized spacial score (nSPS) is 14.6. The molecule has 6 nitrogen and oxygen atoms in total. The van der Waals surface area contributed by atoms with Crippen molar-refractivity contribution in [2.75, 3.05) is 6.54 Å². The minimum atomic E-state index is -0.362. The van der Waals surface area contributed by atoms with Crippen LogP contribution in [0.4, 0.5) is 0 Å². The average molecular weight is 322 g/mol. The van der Waals surface area contributed by atoms with E-state index in [2.05, 4.69) is 26.6 Å². The molecule has 2 rings (SSSR count). The van der Waals surface area contributed by atoms with Gasteiger partial charge in [-0.15, -0.1) is 12.3 Å². The molecule has 1 aromatic rings. The Labute approximate surface area is 135 Å². The number of nitrogens with zero attached hydrogens (tertiary/aromatic N) is 4. The third-order valence-electron chi connectivity index (χ3n) is 3.73. The first kappa shape index (κ1) is 16.5. The van der Waals surface area contributed by atoms with Crippen LogP contribution >= 0.6 is 11.6 Å². The van der Waals surface area contributed by atoms with Crippen LogP contribution in [0.2, 0.25) is 5.02 Å². The largest absolute Gasteiger partial charge is 0.356 e. The number of halogens is 1. The number of hydrogen-bond acceptors (Lipinski definition) is 4. The van der Waals surface area contributed by atoms with Gasteiger partial charge in [-0.05, 0) is 6.42 Å². The molecule has 0 spiro atoms. The van der Waals surface area contributed by atoms with Crippen LogP contribution in [0, 0.1) is 12.3 Å². The maximum Gasteiger partial charge on any atom is 0.226 e. The van der Waals surface area contributed by atoms with E-state index in [1.807, 2.05) is 6.92 Å². The Morgan fingerprint density at radius 2 is 2.18 bits per heavy atom. The highest BCUT2D eigenvalue weighted by Crippen LogP contribution is 2.36. The predicted molar refractivity (Wildman–Crippen MR) is 84.6 cm³/mol. The molecule has 1 N–H and O–H groups in total. The van der Waals surface area contributed by atoms with Gasteiger partial charge in [0.05, 0.1) is 22.8 Å². The van der Waals surface area contributed by atoms with E-state index in [1.165, 1.54) is 0 Å². The molecular formula is C15H20ClN5O. The van der Waals surface area contributed by atoms with Gasteiger partial charge in [0.15, 0.2) is 5.66 Å². The second-order valence-corrected chi connectivity index (χ2v) is 5.73. The average Bonchev–Trinajstić information content (AvgIpc) is 3.22. The molecule has 0 bridgehead atoms. The minimum Gasteiger partial charge on any atom is -0.356 e. The smallest absolute Gasteiger partial charge is 0.226 e. The maximum atomic E-state index is 12.0. The zero-order chi connectivity index (χ0) is 16.2. The summed E-state index contributed by atoms with van der Waals surface area (Å²) in [5, 5.41) is 15.8. The van der Waals surface area contributed by atoms with E-state index in [9.17, 15) is 4.79 Å². The summed E-state index contributed by atoms with van der Waals surface area (Å²) in [7, 11) is 1.80. The van der Waals surface area contributed by atoms with Crippen molar-refractivity contribution < 1.29 is 4.79 Å². The van der Waals surface area contributed by atoms with E-state index in [1.54, 1.807) is 11.7 Å². The van der Waals surface area contributed by atoms with Crippen molar-refractivity contribution in [1.29, 1.82) is 0 Å². The van der Waals surface area contributed by atoms with Crippen molar-refractivity contribution in [3.8, 4) is 12.3 Å². The van der Waals surface area contributed by atoms with E-state index in [0.29, 0.717) is 24.4 Å². The monoisotopic (exact) mass is 321 g/mol.